The Balaban J connectivity index is 1.57. The third-order valence-electron chi connectivity index (χ3n) is 4.98. The number of methoxy groups -OCH3 is 2. The highest BCUT2D eigenvalue weighted by atomic mass is 19.4. The molecule has 0 saturated carbocycles. The molecule has 156 valence electrons. The summed E-state index contributed by atoms with van der Waals surface area (Å²) in [6.45, 7) is 2.96. The third-order valence-corrected chi connectivity index (χ3v) is 4.98. The number of alkyl halides is 3. The van der Waals surface area contributed by atoms with E-state index in [2.05, 4.69) is 4.90 Å². The van der Waals surface area contributed by atoms with Crippen LogP contribution >= 0.6 is 0 Å². The Labute approximate surface area is 167 Å². The average molecular weight is 408 g/mol. The van der Waals surface area contributed by atoms with Crippen molar-refractivity contribution in [1.82, 2.24) is 9.80 Å². The third kappa shape index (κ3) is 5.00. The standard InChI is InChI=1S/C21H23F3N2O3/c1-28-18-8-5-16(13-19(18)29-2)20(27)26-11-9-25(10-12-26)14-15-3-6-17(7-4-15)21(22,23)24/h3-8,13H,9-12,14H2,1-2H3. The van der Waals surface area contributed by atoms with Gasteiger partial charge in [0, 0.05) is 38.3 Å². The van der Waals surface area contributed by atoms with Gasteiger partial charge in [0.1, 0.15) is 0 Å². The van der Waals surface area contributed by atoms with Gasteiger partial charge in [0.05, 0.1) is 19.8 Å². The predicted molar refractivity (Wildman–Crippen MR) is 102 cm³/mol. The van der Waals surface area contributed by atoms with E-state index >= 15 is 0 Å². The number of hydrogen-bond acceptors (Lipinski definition) is 4. The lowest BCUT2D eigenvalue weighted by Gasteiger charge is -2.35. The van der Waals surface area contributed by atoms with Gasteiger partial charge in [-0.15, -0.1) is 0 Å². The van der Waals surface area contributed by atoms with Crippen LogP contribution in [0.1, 0.15) is 21.5 Å². The maximum Gasteiger partial charge on any atom is 0.416 e. The zero-order chi connectivity index (χ0) is 21.0. The Morgan fingerprint density at radius 3 is 2.10 bits per heavy atom. The Kier molecular flexibility index (Phi) is 6.32. The first-order chi connectivity index (χ1) is 13.8. The van der Waals surface area contributed by atoms with Gasteiger partial charge in [-0.05, 0) is 35.9 Å². The Morgan fingerprint density at radius 2 is 1.55 bits per heavy atom. The van der Waals surface area contributed by atoms with Gasteiger partial charge in [0.25, 0.3) is 5.91 Å². The lowest BCUT2D eigenvalue weighted by molar-refractivity contribution is -0.137. The molecule has 2 aromatic rings. The lowest BCUT2D eigenvalue weighted by atomic mass is 10.1. The van der Waals surface area contributed by atoms with E-state index in [1.54, 1.807) is 23.1 Å². The van der Waals surface area contributed by atoms with Gasteiger partial charge in [-0.25, -0.2) is 0 Å². The van der Waals surface area contributed by atoms with Gasteiger partial charge in [0.2, 0.25) is 0 Å². The first-order valence-corrected chi connectivity index (χ1v) is 9.21. The molecule has 3 rings (SSSR count). The molecule has 1 fully saturated rings. The molecule has 29 heavy (non-hydrogen) atoms. The zero-order valence-electron chi connectivity index (χ0n) is 16.3. The van der Waals surface area contributed by atoms with E-state index in [4.69, 9.17) is 9.47 Å². The number of hydrogen-bond donors (Lipinski definition) is 0. The summed E-state index contributed by atoms with van der Waals surface area (Å²) in [7, 11) is 3.06. The maximum absolute atomic E-state index is 12.8. The second-order valence-corrected chi connectivity index (χ2v) is 6.83. The minimum atomic E-state index is -4.32. The van der Waals surface area contributed by atoms with E-state index in [0.29, 0.717) is 49.8 Å². The molecule has 8 heteroatoms. The summed E-state index contributed by atoms with van der Waals surface area (Å²) >= 11 is 0. The molecule has 1 heterocycles. The summed E-state index contributed by atoms with van der Waals surface area (Å²) < 4.78 is 48.4. The molecule has 0 spiro atoms. The second kappa shape index (κ2) is 8.73. The van der Waals surface area contributed by atoms with Crippen molar-refractivity contribution in [3.8, 4) is 11.5 Å². The highest BCUT2D eigenvalue weighted by molar-refractivity contribution is 5.95. The van der Waals surface area contributed by atoms with Crippen molar-refractivity contribution in [2.75, 3.05) is 40.4 Å². The average Bonchev–Trinajstić information content (AvgIpc) is 2.73. The SMILES string of the molecule is COc1ccc(C(=O)N2CCN(Cc3ccc(C(F)(F)F)cc3)CC2)cc1OC. The summed E-state index contributed by atoms with van der Waals surface area (Å²) in [5.41, 5.74) is 0.697. The lowest BCUT2D eigenvalue weighted by Crippen LogP contribution is -2.48. The fraction of sp³-hybridized carbons (Fsp3) is 0.381. The Hall–Kier alpha value is -2.74. The largest absolute Gasteiger partial charge is 0.493 e. The van der Waals surface area contributed by atoms with Crippen molar-refractivity contribution < 1.29 is 27.4 Å². The molecule has 0 N–H and O–H groups in total. The number of ether oxygens (including phenoxy) is 2. The van der Waals surface area contributed by atoms with E-state index in [1.807, 2.05) is 0 Å². The van der Waals surface area contributed by atoms with Crippen LogP contribution in [0.25, 0.3) is 0 Å². The topological polar surface area (TPSA) is 42.0 Å². The number of rotatable bonds is 5. The molecular weight excluding hydrogens is 385 g/mol. The van der Waals surface area contributed by atoms with Crippen LogP contribution in [0.4, 0.5) is 13.2 Å². The molecule has 0 aliphatic carbocycles. The molecule has 0 bridgehead atoms. The number of carbonyl (C=O) groups is 1. The van der Waals surface area contributed by atoms with Gasteiger partial charge in [-0.2, -0.15) is 13.2 Å². The molecule has 2 aromatic carbocycles. The molecule has 0 aromatic heterocycles. The number of nitrogens with zero attached hydrogens (tertiary/aromatic N) is 2. The van der Waals surface area contributed by atoms with E-state index < -0.39 is 11.7 Å². The van der Waals surface area contributed by atoms with Gasteiger partial charge in [-0.1, -0.05) is 12.1 Å². The van der Waals surface area contributed by atoms with Crippen LogP contribution in [0.2, 0.25) is 0 Å². The monoisotopic (exact) mass is 408 g/mol. The number of piperazine rings is 1. The van der Waals surface area contributed by atoms with Gasteiger partial charge in [0.15, 0.2) is 11.5 Å². The van der Waals surface area contributed by atoms with Crippen LogP contribution < -0.4 is 9.47 Å². The van der Waals surface area contributed by atoms with Crippen LogP contribution in [-0.4, -0.2) is 56.1 Å². The smallest absolute Gasteiger partial charge is 0.416 e. The second-order valence-electron chi connectivity index (χ2n) is 6.83. The van der Waals surface area contributed by atoms with E-state index in [9.17, 15) is 18.0 Å². The molecule has 1 saturated heterocycles. The molecule has 1 aliphatic rings. The summed E-state index contributed by atoms with van der Waals surface area (Å²) in [5, 5.41) is 0. The molecule has 1 aliphatic heterocycles. The van der Waals surface area contributed by atoms with E-state index in [-0.39, 0.29) is 5.91 Å². The number of benzene rings is 2. The maximum atomic E-state index is 12.8. The van der Waals surface area contributed by atoms with Gasteiger partial charge in [-0.3, -0.25) is 9.69 Å². The summed E-state index contributed by atoms with van der Waals surface area (Å²) in [6, 6.07) is 10.3. The fourth-order valence-corrected chi connectivity index (χ4v) is 3.32. The van der Waals surface area contributed by atoms with Gasteiger partial charge < -0.3 is 14.4 Å². The number of carbonyl (C=O) groups excluding carboxylic acids is 1. The van der Waals surface area contributed by atoms with Crippen molar-refractivity contribution >= 4 is 5.91 Å². The molecule has 0 unspecified atom stereocenters. The summed E-state index contributed by atoms with van der Waals surface area (Å²) in [4.78, 5) is 16.7. The van der Waals surface area contributed by atoms with Crippen molar-refractivity contribution in [2.24, 2.45) is 0 Å². The Morgan fingerprint density at radius 1 is 0.931 bits per heavy atom. The van der Waals surface area contributed by atoms with Crippen LogP contribution in [0.15, 0.2) is 42.5 Å². The molecule has 0 radical (unpaired) electrons. The first kappa shape index (κ1) is 21.0. The minimum absolute atomic E-state index is 0.0832. The number of amides is 1. The fourth-order valence-electron chi connectivity index (χ4n) is 3.32. The van der Waals surface area contributed by atoms with E-state index in [0.717, 1.165) is 17.7 Å². The molecule has 1 amide bonds. The van der Waals surface area contributed by atoms with Gasteiger partial charge >= 0.3 is 6.18 Å². The molecule has 5 nitrogen and oxygen atoms in total. The van der Waals surface area contributed by atoms with Crippen LogP contribution in [0.3, 0.4) is 0 Å². The molecular formula is C21H23F3N2O3. The van der Waals surface area contributed by atoms with E-state index in [1.165, 1.54) is 26.4 Å². The molecule has 0 atom stereocenters. The van der Waals surface area contributed by atoms with Crippen LogP contribution in [-0.2, 0) is 12.7 Å². The normalized spacial score (nSPS) is 15.3. The summed E-state index contributed by atoms with van der Waals surface area (Å²) in [6.07, 6.45) is -4.32. The highest BCUT2D eigenvalue weighted by Crippen LogP contribution is 2.30. The van der Waals surface area contributed by atoms with Crippen molar-refractivity contribution in [3.05, 3.63) is 59.2 Å². The summed E-state index contributed by atoms with van der Waals surface area (Å²) in [5.74, 6) is 0.977. The minimum Gasteiger partial charge on any atom is -0.493 e. The zero-order valence-corrected chi connectivity index (χ0v) is 16.3. The quantitative estimate of drug-likeness (QED) is 0.757. The predicted octanol–water partition coefficient (Wildman–Crippen LogP) is 3.68. The Bertz CT molecular complexity index is 845. The van der Waals surface area contributed by atoms with Crippen molar-refractivity contribution in [3.63, 3.8) is 0 Å². The van der Waals surface area contributed by atoms with Crippen LogP contribution in [0, 0.1) is 0 Å². The number of halogens is 3. The van der Waals surface area contributed by atoms with Crippen LogP contribution in [0.5, 0.6) is 11.5 Å². The highest BCUT2D eigenvalue weighted by Gasteiger charge is 2.30. The first-order valence-electron chi connectivity index (χ1n) is 9.21. The van der Waals surface area contributed by atoms with Crippen molar-refractivity contribution in [2.45, 2.75) is 12.7 Å². The van der Waals surface area contributed by atoms with Crippen molar-refractivity contribution in [1.29, 1.82) is 0 Å².